The molecule has 1 N–H and O–H groups in total. The molecule has 98 valence electrons. The molecule has 0 radical (unpaired) electrons. The summed E-state index contributed by atoms with van der Waals surface area (Å²) in [6, 6.07) is 0. The Hall–Kier alpha value is -0.710. The Morgan fingerprint density at radius 1 is 1.41 bits per heavy atom. The van der Waals surface area contributed by atoms with Crippen LogP contribution in [-0.2, 0) is 4.79 Å². The molecule has 0 aromatic heterocycles. The van der Waals surface area contributed by atoms with Gasteiger partial charge < -0.3 is 10.2 Å². The van der Waals surface area contributed by atoms with E-state index in [1.54, 1.807) is 0 Å². The number of nitrogens with zero attached hydrogens (tertiary/aromatic N) is 1. The van der Waals surface area contributed by atoms with Crippen LogP contribution in [0, 0.1) is 5.92 Å². The van der Waals surface area contributed by atoms with Crippen LogP contribution >= 0.6 is 0 Å². The first-order valence-corrected chi connectivity index (χ1v) is 6.43. The summed E-state index contributed by atoms with van der Waals surface area (Å²) in [7, 11) is 0. The molecule has 2 aliphatic rings. The first-order chi connectivity index (χ1) is 8.07. The smallest absolute Gasteiger partial charge is 0.265 e. The van der Waals surface area contributed by atoms with Crippen LogP contribution < -0.4 is 5.32 Å². The van der Waals surface area contributed by atoms with Gasteiger partial charge in [-0.3, -0.25) is 4.79 Å². The lowest BCUT2D eigenvalue weighted by Crippen LogP contribution is -2.46. The monoisotopic (exact) mass is 246 g/mol. The lowest BCUT2D eigenvalue weighted by molar-refractivity contribution is -0.142. The lowest BCUT2D eigenvalue weighted by Gasteiger charge is -2.34. The van der Waals surface area contributed by atoms with Crippen molar-refractivity contribution >= 4 is 5.91 Å². The quantitative estimate of drug-likeness (QED) is 0.803. The van der Waals surface area contributed by atoms with Gasteiger partial charge in [0.25, 0.3) is 5.92 Å². The molecule has 2 fully saturated rings. The van der Waals surface area contributed by atoms with Gasteiger partial charge in [-0.1, -0.05) is 0 Å². The van der Waals surface area contributed by atoms with Gasteiger partial charge in [0.05, 0.1) is 6.54 Å². The van der Waals surface area contributed by atoms with Gasteiger partial charge in [-0.2, -0.15) is 0 Å². The largest absolute Gasteiger partial charge is 0.337 e. The van der Waals surface area contributed by atoms with Gasteiger partial charge in [0.1, 0.15) is 0 Å². The lowest BCUT2D eigenvalue weighted by atomic mass is 9.95. The molecule has 0 aromatic carbocycles. The van der Waals surface area contributed by atoms with Crippen molar-refractivity contribution in [3.05, 3.63) is 0 Å². The number of piperidine rings is 2. The number of alkyl halides is 2. The zero-order valence-corrected chi connectivity index (χ0v) is 10.1. The molecular formula is C12H20F2N2O. The van der Waals surface area contributed by atoms with E-state index in [0.29, 0.717) is 25.3 Å². The van der Waals surface area contributed by atoms with Gasteiger partial charge in [0, 0.05) is 19.4 Å². The van der Waals surface area contributed by atoms with Gasteiger partial charge >= 0.3 is 0 Å². The molecule has 0 aromatic rings. The summed E-state index contributed by atoms with van der Waals surface area (Å²) in [5.74, 6) is -2.46. The molecule has 0 saturated carbocycles. The van der Waals surface area contributed by atoms with E-state index in [1.807, 2.05) is 0 Å². The second-order valence-electron chi connectivity index (χ2n) is 5.19. The highest BCUT2D eigenvalue weighted by Gasteiger charge is 2.37. The third-order valence-electron chi connectivity index (χ3n) is 3.61. The number of hydrogen-bond acceptors (Lipinski definition) is 2. The number of likely N-dealkylation sites (tertiary alicyclic amines) is 1. The van der Waals surface area contributed by atoms with Crippen molar-refractivity contribution in [2.24, 2.45) is 5.92 Å². The van der Waals surface area contributed by atoms with E-state index >= 15 is 0 Å². The minimum Gasteiger partial charge on any atom is -0.337 e. The Balaban J connectivity index is 1.82. The molecule has 0 aliphatic carbocycles. The zero-order chi connectivity index (χ0) is 12.3. The molecule has 2 aliphatic heterocycles. The van der Waals surface area contributed by atoms with Crippen molar-refractivity contribution in [3.63, 3.8) is 0 Å². The van der Waals surface area contributed by atoms with E-state index in [2.05, 4.69) is 5.32 Å². The van der Waals surface area contributed by atoms with Crippen LogP contribution in [0.4, 0.5) is 8.78 Å². The van der Waals surface area contributed by atoms with Crippen LogP contribution in [0.2, 0.25) is 0 Å². The summed E-state index contributed by atoms with van der Waals surface area (Å²) in [5, 5.41) is 3.24. The summed E-state index contributed by atoms with van der Waals surface area (Å²) < 4.78 is 26.4. The van der Waals surface area contributed by atoms with Crippen molar-refractivity contribution in [2.45, 2.75) is 38.0 Å². The Morgan fingerprint density at radius 3 is 2.88 bits per heavy atom. The second-order valence-corrected chi connectivity index (χ2v) is 5.19. The molecule has 2 rings (SSSR count). The number of hydrogen-bond donors (Lipinski definition) is 1. The first kappa shape index (κ1) is 12.7. The van der Waals surface area contributed by atoms with Crippen LogP contribution in [0.15, 0.2) is 0 Å². The highest BCUT2D eigenvalue weighted by molar-refractivity contribution is 5.76. The van der Waals surface area contributed by atoms with Crippen molar-refractivity contribution in [1.29, 1.82) is 0 Å². The molecule has 0 bridgehead atoms. The average Bonchev–Trinajstić information content (AvgIpc) is 2.29. The Bertz CT molecular complexity index is 278. The molecule has 1 amide bonds. The van der Waals surface area contributed by atoms with E-state index < -0.39 is 5.92 Å². The molecule has 2 saturated heterocycles. The minimum atomic E-state index is -2.68. The second kappa shape index (κ2) is 5.29. The standard InChI is InChI=1S/C12H20F2N2O/c13-12(14)4-2-6-16(9-12)11(17)7-10-3-1-5-15-8-10/h10,15H,1-9H2. The fraction of sp³-hybridized carbons (Fsp3) is 0.917. The van der Waals surface area contributed by atoms with E-state index in [0.717, 1.165) is 25.9 Å². The number of halogens is 2. The molecule has 3 nitrogen and oxygen atoms in total. The van der Waals surface area contributed by atoms with Crippen molar-refractivity contribution in [3.8, 4) is 0 Å². The maximum absolute atomic E-state index is 13.2. The zero-order valence-electron chi connectivity index (χ0n) is 10.1. The van der Waals surface area contributed by atoms with Crippen LogP contribution in [0.25, 0.3) is 0 Å². The fourth-order valence-electron chi connectivity index (χ4n) is 2.65. The fourth-order valence-corrected chi connectivity index (χ4v) is 2.65. The van der Waals surface area contributed by atoms with Crippen LogP contribution in [0.1, 0.15) is 32.1 Å². The van der Waals surface area contributed by atoms with Crippen molar-refractivity contribution in [1.82, 2.24) is 10.2 Å². The normalized spacial score (nSPS) is 29.1. The Kier molecular flexibility index (Phi) is 3.97. The molecule has 1 unspecified atom stereocenters. The van der Waals surface area contributed by atoms with Gasteiger partial charge in [0.15, 0.2) is 0 Å². The number of amides is 1. The average molecular weight is 246 g/mol. The minimum absolute atomic E-state index is 0.0816. The number of nitrogens with one attached hydrogen (secondary N) is 1. The number of rotatable bonds is 2. The predicted octanol–water partition coefficient (Wildman–Crippen LogP) is 1.63. The highest BCUT2D eigenvalue weighted by Crippen LogP contribution is 2.27. The molecule has 17 heavy (non-hydrogen) atoms. The van der Waals surface area contributed by atoms with Crippen LogP contribution in [0.5, 0.6) is 0 Å². The van der Waals surface area contributed by atoms with Crippen LogP contribution in [-0.4, -0.2) is 42.9 Å². The highest BCUT2D eigenvalue weighted by atomic mass is 19.3. The first-order valence-electron chi connectivity index (χ1n) is 6.43. The number of carbonyl (C=O) groups excluding carboxylic acids is 1. The van der Waals surface area contributed by atoms with Crippen molar-refractivity contribution < 1.29 is 13.6 Å². The van der Waals surface area contributed by atoms with E-state index in [4.69, 9.17) is 0 Å². The van der Waals surface area contributed by atoms with Gasteiger partial charge in [-0.05, 0) is 38.3 Å². The van der Waals surface area contributed by atoms with Gasteiger partial charge in [-0.15, -0.1) is 0 Å². The third kappa shape index (κ3) is 3.63. The Labute approximate surface area is 101 Å². The summed E-state index contributed by atoms with van der Waals surface area (Å²) in [4.78, 5) is 13.3. The van der Waals surface area contributed by atoms with E-state index in [1.165, 1.54) is 4.90 Å². The van der Waals surface area contributed by atoms with Gasteiger partial charge in [-0.25, -0.2) is 8.78 Å². The molecule has 0 spiro atoms. The maximum Gasteiger partial charge on any atom is 0.265 e. The van der Waals surface area contributed by atoms with E-state index in [9.17, 15) is 13.6 Å². The van der Waals surface area contributed by atoms with Gasteiger partial charge in [0.2, 0.25) is 5.91 Å². The molecular weight excluding hydrogens is 226 g/mol. The molecule has 5 heteroatoms. The SMILES string of the molecule is O=C(CC1CCCNC1)N1CCCC(F)(F)C1. The summed E-state index contributed by atoms with van der Waals surface area (Å²) in [6.45, 7) is 1.96. The summed E-state index contributed by atoms with van der Waals surface area (Å²) in [5.41, 5.74) is 0. The molecule has 2 heterocycles. The van der Waals surface area contributed by atoms with Crippen LogP contribution in [0.3, 0.4) is 0 Å². The maximum atomic E-state index is 13.2. The summed E-state index contributed by atoms with van der Waals surface area (Å²) in [6.07, 6.45) is 2.86. The topological polar surface area (TPSA) is 32.3 Å². The molecule has 1 atom stereocenters. The third-order valence-corrected chi connectivity index (χ3v) is 3.61. The number of carbonyl (C=O) groups is 1. The van der Waals surface area contributed by atoms with Crippen molar-refractivity contribution in [2.75, 3.05) is 26.2 Å². The van der Waals surface area contributed by atoms with E-state index in [-0.39, 0.29) is 18.9 Å². The Morgan fingerprint density at radius 2 is 2.24 bits per heavy atom. The predicted molar refractivity (Wildman–Crippen MR) is 61.0 cm³/mol. The summed E-state index contributed by atoms with van der Waals surface area (Å²) >= 11 is 0.